The molecule has 3 rings (SSSR count). The van der Waals surface area contributed by atoms with Crippen LogP contribution in [0.4, 0.5) is 5.82 Å². The largest absolute Gasteiger partial charge is 0.311 e. The van der Waals surface area contributed by atoms with Crippen molar-refractivity contribution in [1.82, 2.24) is 14.8 Å². The van der Waals surface area contributed by atoms with E-state index in [1.807, 2.05) is 29.8 Å². The van der Waals surface area contributed by atoms with E-state index in [0.717, 1.165) is 22.5 Å². The molecule has 0 atom stereocenters. The highest BCUT2D eigenvalue weighted by atomic mass is 16.1. The zero-order valence-electron chi connectivity index (χ0n) is 14.6. The van der Waals surface area contributed by atoms with Crippen LogP contribution in [0.2, 0.25) is 0 Å². The number of nitrogens with zero attached hydrogens (tertiary/aromatic N) is 3. The van der Waals surface area contributed by atoms with E-state index < -0.39 is 0 Å². The maximum absolute atomic E-state index is 12.3. The fourth-order valence-electron chi connectivity index (χ4n) is 2.74. The molecule has 1 aromatic carbocycles. The first-order valence-corrected chi connectivity index (χ1v) is 8.38. The summed E-state index contributed by atoms with van der Waals surface area (Å²) < 4.78 is 1.84. The number of pyridine rings is 1. The minimum Gasteiger partial charge on any atom is -0.311 e. The van der Waals surface area contributed by atoms with Crippen molar-refractivity contribution in [3.8, 4) is 0 Å². The van der Waals surface area contributed by atoms with Gasteiger partial charge in [-0.15, -0.1) is 0 Å². The van der Waals surface area contributed by atoms with Gasteiger partial charge in [-0.3, -0.25) is 9.78 Å². The second kappa shape index (κ2) is 7.75. The maximum Gasteiger partial charge on any atom is 0.225 e. The normalized spacial score (nSPS) is 10.6. The molecule has 5 heteroatoms. The van der Waals surface area contributed by atoms with Gasteiger partial charge in [0.2, 0.25) is 5.91 Å². The highest BCUT2D eigenvalue weighted by molar-refractivity contribution is 5.90. The third kappa shape index (κ3) is 4.53. The molecule has 0 unspecified atom stereocenters. The Morgan fingerprint density at radius 2 is 1.96 bits per heavy atom. The standard InChI is InChI=1S/C20H22N4O/c1-15-5-3-6-18(11-15)14-24-20(16(2)12-22-24)23-19(25)9-8-17-7-4-10-21-13-17/h3-7,10-13H,8-9,14H2,1-2H3,(H,23,25). The topological polar surface area (TPSA) is 59.8 Å². The second-order valence-corrected chi connectivity index (χ2v) is 6.23. The van der Waals surface area contributed by atoms with E-state index in [0.29, 0.717) is 19.4 Å². The molecule has 0 aliphatic rings. The third-order valence-electron chi connectivity index (χ3n) is 4.06. The smallest absolute Gasteiger partial charge is 0.225 e. The van der Waals surface area contributed by atoms with Crippen molar-refractivity contribution >= 4 is 11.7 Å². The molecule has 5 nitrogen and oxygen atoms in total. The summed E-state index contributed by atoms with van der Waals surface area (Å²) in [6, 6.07) is 12.2. The van der Waals surface area contributed by atoms with E-state index in [9.17, 15) is 4.79 Å². The predicted octanol–water partition coefficient (Wildman–Crippen LogP) is 3.51. The van der Waals surface area contributed by atoms with Crippen molar-refractivity contribution in [2.24, 2.45) is 0 Å². The third-order valence-corrected chi connectivity index (χ3v) is 4.06. The van der Waals surface area contributed by atoms with Gasteiger partial charge in [0.05, 0.1) is 12.7 Å². The zero-order chi connectivity index (χ0) is 17.6. The molecule has 0 saturated carbocycles. The molecular formula is C20H22N4O. The molecule has 0 bridgehead atoms. The average Bonchev–Trinajstić information content (AvgIpc) is 2.94. The maximum atomic E-state index is 12.3. The highest BCUT2D eigenvalue weighted by Gasteiger charge is 2.12. The molecule has 1 amide bonds. The van der Waals surface area contributed by atoms with Crippen molar-refractivity contribution in [3.63, 3.8) is 0 Å². The van der Waals surface area contributed by atoms with Gasteiger partial charge in [-0.1, -0.05) is 35.9 Å². The number of carbonyl (C=O) groups excluding carboxylic acids is 1. The number of aryl methyl sites for hydroxylation is 3. The minimum atomic E-state index is -0.0158. The van der Waals surface area contributed by atoms with Crippen LogP contribution in [0.1, 0.15) is 28.7 Å². The summed E-state index contributed by atoms with van der Waals surface area (Å²) in [5.41, 5.74) is 4.39. The SMILES string of the molecule is Cc1cccc(Cn2ncc(C)c2NC(=O)CCc2cccnc2)c1. The first kappa shape index (κ1) is 16.9. The van der Waals surface area contributed by atoms with Crippen LogP contribution in [0.3, 0.4) is 0 Å². The van der Waals surface area contributed by atoms with Crippen molar-refractivity contribution in [1.29, 1.82) is 0 Å². The first-order chi connectivity index (χ1) is 12.1. The Bertz CT molecular complexity index is 855. The molecule has 0 radical (unpaired) electrons. The molecule has 0 fully saturated rings. The summed E-state index contributed by atoms with van der Waals surface area (Å²) in [4.78, 5) is 16.4. The molecule has 25 heavy (non-hydrogen) atoms. The van der Waals surface area contributed by atoms with Crippen molar-refractivity contribution in [2.75, 3.05) is 5.32 Å². The number of nitrogens with one attached hydrogen (secondary N) is 1. The van der Waals surface area contributed by atoms with Gasteiger partial charge >= 0.3 is 0 Å². The van der Waals surface area contributed by atoms with Crippen molar-refractivity contribution < 1.29 is 4.79 Å². The Kier molecular flexibility index (Phi) is 5.23. The van der Waals surface area contributed by atoms with E-state index in [4.69, 9.17) is 0 Å². The van der Waals surface area contributed by atoms with Crippen molar-refractivity contribution in [3.05, 3.63) is 77.2 Å². The Labute approximate surface area is 147 Å². The lowest BCUT2D eigenvalue weighted by Crippen LogP contribution is -2.17. The molecule has 0 aliphatic carbocycles. The quantitative estimate of drug-likeness (QED) is 0.750. The molecule has 2 aromatic heterocycles. The number of aromatic nitrogens is 3. The molecule has 1 N–H and O–H groups in total. The first-order valence-electron chi connectivity index (χ1n) is 8.38. The van der Waals surface area contributed by atoms with Crippen LogP contribution in [-0.2, 0) is 17.8 Å². The van der Waals surface area contributed by atoms with Gasteiger partial charge in [-0.25, -0.2) is 4.68 Å². The lowest BCUT2D eigenvalue weighted by molar-refractivity contribution is -0.116. The van der Waals surface area contributed by atoms with Crippen LogP contribution in [0.15, 0.2) is 55.0 Å². The van der Waals surface area contributed by atoms with Gasteiger partial charge in [0.1, 0.15) is 5.82 Å². The van der Waals surface area contributed by atoms with Crippen LogP contribution < -0.4 is 5.32 Å². The summed E-state index contributed by atoms with van der Waals surface area (Å²) in [7, 11) is 0. The average molecular weight is 334 g/mol. The Hall–Kier alpha value is -2.95. The summed E-state index contributed by atoms with van der Waals surface area (Å²) in [6.07, 6.45) is 6.40. The molecule has 2 heterocycles. The Morgan fingerprint density at radius 3 is 2.72 bits per heavy atom. The molecule has 3 aromatic rings. The summed E-state index contributed by atoms with van der Waals surface area (Å²) in [5, 5.41) is 7.41. The van der Waals surface area contributed by atoms with Crippen LogP contribution in [0.5, 0.6) is 0 Å². The van der Waals surface area contributed by atoms with E-state index in [2.05, 4.69) is 40.5 Å². The summed E-state index contributed by atoms with van der Waals surface area (Å²) in [6.45, 7) is 4.66. The molecule has 128 valence electrons. The fourth-order valence-corrected chi connectivity index (χ4v) is 2.74. The number of hydrogen-bond donors (Lipinski definition) is 1. The van der Waals surface area contributed by atoms with Gasteiger partial charge in [0.25, 0.3) is 0 Å². The van der Waals surface area contributed by atoms with Gasteiger partial charge in [0.15, 0.2) is 0 Å². The number of anilines is 1. The lowest BCUT2D eigenvalue weighted by Gasteiger charge is -2.11. The number of amides is 1. The van der Waals surface area contributed by atoms with E-state index in [-0.39, 0.29) is 5.91 Å². The van der Waals surface area contributed by atoms with Gasteiger partial charge < -0.3 is 5.32 Å². The zero-order valence-corrected chi connectivity index (χ0v) is 14.6. The van der Waals surface area contributed by atoms with E-state index >= 15 is 0 Å². The Morgan fingerprint density at radius 1 is 1.12 bits per heavy atom. The number of benzene rings is 1. The summed E-state index contributed by atoms with van der Waals surface area (Å²) >= 11 is 0. The summed E-state index contributed by atoms with van der Waals surface area (Å²) in [5.74, 6) is 0.746. The van der Waals surface area contributed by atoms with Crippen LogP contribution in [-0.4, -0.2) is 20.7 Å². The fraction of sp³-hybridized carbons (Fsp3) is 0.250. The molecule has 0 aliphatic heterocycles. The number of hydrogen-bond acceptors (Lipinski definition) is 3. The van der Waals surface area contributed by atoms with Gasteiger partial charge in [0, 0.05) is 24.4 Å². The number of rotatable bonds is 6. The number of carbonyl (C=O) groups is 1. The molecular weight excluding hydrogens is 312 g/mol. The van der Waals surface area contributed by atoms with Crippen LogP contribution in [0.25, 0.3) is 0 Å². The van der Waals surface area contributed by atoms with E-state index in [1.165, 1.54) is 5.56 Å². The highest BCUT2D eigenvalue weighted by Crippen LogP contribution is 2.17. The Balaban J connectivity index is 1.66. The predicted molar refractivity (Wildman–Crippen MR) is 98.4 cm³/mol. The molecule has 0 saturated heterocycles. The lowest BCUT2D eigenvalue weighted by atomic mass is 10.1. The minimum absolute atomic E-state index is 0.0158. The van der Waals surface area contributed by atoms with Gasteiger partial charge in [-0.2, -0.15) is 5.10 Å². The second-order valence-electron chi connectivity index (χ2n) is 6.23. The van der Waals surface area contributed by atoms with E-state index in [1.54, 1.807) is 18.6 Å². The van der Waals surface area contributed by atoms with Crippen LogP contribution >= 0.6 is 0 Å². The van der Waals surface area contributed by atoms with Crippen molar-refractivity contribution in [2.45, 2.75) is 33.2 Å². The molecule has 0 spiro atoms. The van der Waals surface area contributed by atoms with Gasteiger partial charge in [-0.05, 0) is 37.5 Å². The van der Waals surface area contributed by atoms with Crippen LogP contribution in [0, 0.1) is 13.8 Å². The monoisotopic (exact) mass is 334 g/mol.